The number of ether oxygens (including phenoxy) is 4. The molecule has 0 unspecified atom stereocenters. The molecule has 0 aliphatic carbocycles. The summed E-state index contributed by atoms with van der Waals surface area (Å²) in [6.45, 7) is 2.20. The molecule has 0 aliphatic heterocycles. The summed E-state index contributed by atoms with van der Waals surface area (Å²) in [6, 6.07) is 18.3. The fraction of sp³-hybridized carbons (Fsp3) is 0.160. The van der Waals surface area contributed by atoms with Crippen LogP contribution in [0, 0.1) is 0 Å². The van der Waals surface area contributed by atoms with E-state index in [1.54, 1.807) is 73.8 Å². The number of hydrogen-bond acceptors (Lipinski definition) is 7. The van der Waals surface area contributed by atoms with E-state index in [0.717, 1.165) is 0 Å². The predicted molar refractivity (Wildman–Crippen MR) is 124 cm³/mol. The largest absolute Gasteiger partial charge is 0.497 e. The van der Waals surface area contributed by atoms with Gasteiger partial charge in [-0.3, -0.25) is 4.79 Å². The lowest BCUT2D eigenvalue weighted by Crippen LogP contribution is -2.17. The highest BCUT2D eigenvalue weighted by molar-refractivity contribution is 5.95. The van der Waals surface area contributed by atoms with Crippen molar-refractivity contribution in [3.63, 3.8) is 0 Å². The van der Waals surface area contributed by atoms with Crippen molar-refractivity contribution in [1.82, 2.24) is 5.43 Å². The van der Waals surface area contributed by atoms with E-state index in [-0.39, 0.29) is 11.7 Å². The first-order valence-electron chi connectivity index (χ1n) is 10.1. The van der Waals surface area contributed by atoms with E-state index in [2.05, 4.69) is 10.5 Å². The molecule has 0 heterocycles. The summed E-state index contributed by atoms with van der Waals surface area (Å²) in [6.07, 6.45) is 1.47. The van der Waals surface area contributed by atoms with Crippen LogP contribution >= 0.6 is 0 Å². The monoisotopic (exact) mass is 448 g/mol. The number of benzene rings is 3. The Balaban J connectivity index is 1.69. The van der Waals surface area contributed by atoms with Crippen molar-refractivity contribution in [3.8, 4) is 23.0 Å². The molecular weight excluding hydrogens is 424 g/mol. The van der Waals surface area contributed by atoms with Crippen LogP contribution in [-0.4, -0.2) is 38.9 Å². The van der Waals surface area contributed by atoms with Gasteiger partial charge in [0, 0.05) is 5.56 Å². The van der Waals surface area contributed by atoms with Crippen molar-refractivity contribution in [2.24, 2.45) is 5.10 Å². The van der Waals surface area contributed by atoms with Crippen molar-refractivity contribution in [2.75, 3.05) is 20.8 Å². The Morgan fingerprint density at radius 2 is 1.64 bits per heavy atom. The third kappa shape index (κ3) is 6.33. The highest BCUT2D eigenvalue weighted by Gasteiger charge is 2.13. The van der Waals surface area contributed by atoms with E-state index in [0.29, 0.717) is 40.5 Å². The summed E-state index contributed by atoms with van der Waals surface area (Å²) in [4.78, 5) is 24.7. The Morgan fingerprint density at radius 1 is 0.879 bits per heavy atom. The highest BCUT2D eigenvalue weighted by Crippen LogP contribution is 2.29. The second-order valence-electron chi connectivity index (χ2n) is 6.69. The van der Waals surface area contributed by atoms with Gasteiger partial charge in [-0.15, -0.1) is 0 Å². The summed E-state index contributed by atoms with van der Waals surface area (Å²) in [5.41, 5.74) is 3.91. The van der Waals surface area contributed by atoms with Gasteiger partial charge < -0.3 is 18.9 Å². The molecule has 170 valence electrons. The Hall–Kier alpha value is -4.33. The van der Waals surface area contributed by atoms with Crippen LogP contribution in [0.25, 0.3) is 0 Å². The average molecular weight is 448 g/mol. The van der Waals surface area contributed by atoms with Crippen LogP contribution in [0.1, 0.15) is 33.2 Å². The van der Waals surface area contributed by atoms with Gasteiger partial charge in [0.25, 0.3) is 5.91 Å². The zero-order chi connectivity index (χ0) is 23.6. The van der Waals surface area contributed by atoms with Crippen molar-refractivity contribution >= 4 is 18.1 Å². The van der Waals surface area contributed by atoms with E-state index in [1.807, 2.05) is 6.92 Å². The second-order valence-corrected chi connectivity index (χ2v) is 6.69. The molecule has 0 spiro atoms. The van der Waals surface area contributed by atoms with Crippen LogP contribution in [0.5, 0.6) is 23.0 Å². The topological polar surface area (TPSA) is 95.5 Å². The number of hydrazone groups is 1. The molecule has 1 N–H and O–H groups in total. The first-order valence-corrected chi connectivity index (χ1v) is 10.1. The standard InChI is InChI=1S/C25H24N2O6/c1-4-32-23-14-17(16-26-27-24(28)19-6-5-7-21(15-19)31-3)8-13-22(23)33-25(29)18-9-11-20(30-2)12-10-18/h5-16H,4H2,1-3H3,(H,27,28)/b26-16+. The minimum atomic E-state index is -0.523. The molecule has 33 heavy (non-hydrogen) atoms. The molecule has 8 nitrogen and oxygen atoms in total. The van der Waals surface area contributed by atoms with Gasteiger partial charge in [0.15, 0.2) is 11.5 Å². The molecule has 0 aromatic heterocycles. The maximum Gasteiger partial charge on any atom is 0.343 e. The number of nitrogens with zero attached hydrogens (tertiary/aromatic N) is 1. The zero-order valence-electron chi connectivity index (χ0n) is 18.5. The maximum atomic E-state index is 12.5. The maximum absolute atomic E-state index is 12.5. The van der Waals surface area contributed by atoms with Crippen LogP contribution in [-0.2, 0) is 0 Å². The Bertz CT molecular complexity index is 1140. The summed E-state index contributed by atoms with van der Waals surface area (Å²) < 4.78 is 21.3. The summed E-state index contributed by atoms with van der Waals surface area (Å²) >= 11 is 0. The zero-order valence-corrected chi connectivity index (χ0v) is 18.5. The predicted octanol–water partition coefficient (Wildman–Crippen LogP) is 4.09. The third-order valence-electron chi connectivity index (χ3n) is 4.51. The molecule has 8 heteroatoms. The van der Waals surface area contributed by atoms with Gasteiger partial charge in [0.2, 0.25) is 0 Å². The van der Waals surface area contributed by atoms with Gasteiger partial charge in [-0.05, 0) is 73.2 Å². The fourth-order valence-electron chi connectivity index (χ4n) is 2.84. The second kappa shape index (κ2) is 11.3. The number of rotatable bonds is 9. The third-order valence-corrected chi connectivity index (χ3v) is 4.51. The van der Waals surface area contributed by atoms with Gasteiger partial charge >= 0.3 is 5.97 Å². The lowest BCUT2D eigenvalue weighted by Gasteiger charge is -2.11. The van der Waals surface area contributed by atoms with Gasteiger partial charge in [-0.25, -0.2) is 10.2 Å². The van der Waals surface area contributed by atoms with Gasteiger partial charge in [-0.1, -0.05) is 6.07 Å². The molecule has 0 aliphatic rings. The molecular formula is C25H24N2O6. The summed E-state index contributed by atoms with van der Waals surface area (Å²) in [5, 5.41) is 3.99. The summed E-state index contributed by atoms with van der Waals surface area (Å²) in [5.74, 6) is 0.972. The minimum absolute atomic E-state index is 0.273. The van der Waals surface area contributed by atoms with Gasteiger partial charge in [-0.2, -0.15) is 5.10 Å². The molecule has 3 aromatic carbocycles. The van der Waals surface area contributed by atoms with Crippen molar-refractivity contribution in [3.05, 3.63) is 83.4 Å². The minimum Gasteiger partial charge on any atom is -0.497 e. The van der Waals surface area contributed by atoms with E-state index in [4.69, 9.17) is 18.9 Å². The van der Waals surface area contributed by atoms with Crippen molar-refractivity contribution in [2.45, 2.75) is 6.92 Å². The number of nitrogens with one attached hydrogen (secondary N) is 1. The number of carbonyl (C=O) groups is 2. The molecule has 3 rings (SSSR count). The SMILES string of the molecule is CCOc1cc(/C=N/NC(=O)c2cccc(OC)c2)ccc1OC(=O)c1ccc(OC)cc1. The van der Waals surface area contributed by atoms with Gasteiger partial charge in [0.05, 0.1) is 32.6 Å². The Labute approximate surface area is 191 Å². The number of hydrogen-bond donors (Lipinski definition) is 1. The molecule has 0 saturated carbocycles. The van der Waals surface area contributed by atoms with Crippen molar-refractivity contribution < 1.29 is 28.5 Å². The number of esters is 1. The quantitative estimate of drug-likeness (QED) is 0.229. The van der Waals surface area contributed by atoms with Crippen LogP contribution in [0.4, 0.5) is 0 Å². The molecule has 0 bridgehead atoms. The Morgan fingerprint density at radius 3 is 2.33 bits per heavy atom. The van der Waals surface area contributed by atoms with Crippen LogP contribution < -0.4 is 24.4 Å². The van der Waals surface area contributed by atoms with Crippen LogP contribution in [0.3, 0.4) is 0 Å². The number of methoxy groups -OCH3 is 2. The first kappa shape index (κ1) is 23.3. The van der Waals surface area contributed by atoms with E-state index < -0.39 is 5.97 Å². The van der Waals surface area contributed by atoms with Crippen molar-refractivity contribution in [1.29, 1.82) is 0 Å². The normalized spacial score (nSPS) is 10.5. The molecule has 3 aromatic rings. The lowest BCUT2D eigenvalue weighted by molar-refractivity contribution is 0.0728. The van der Waals surface area contributed by atoms with Crippen LogP contribution in [0.2, 0.25) is 0 Å². The highest BCUT2D eigenvalue weighted by atomic mass is 16.6. The molecule has 0 saturated heterocycles. The molecule has 0 atom stereocenters. The average Bonchev–Trinajstić information content (AvgIpc) is 2.85. The fourth-order valence-corrected chi connectivity index (χ4v) is 2.84. The number of amides is 1. The van der Waals surface area contributed by atoms with E-state index in [9.17, 15) is 9.59 Å². The van der Waals surface area contributed by atoms with E-state index >= 15 is 0 Å². The molecule has 1 amide bonds. The molecule has 0 fully saturated rings. The van der Waals surface area contributed by atoms with Gasteiger partial charge in [0.1, 0.15) is 11.5 Å². The lowest BCUT2D eigenvalue weighted by atomic mass is 10.2. The molecule has 0 radical (unpaired) electrons. The number of carbonyl (C=O) groups excluding carboxylic acids is 2. The van der Waals surface area contributed by atoms with Crippen LogP contribution in [0.15, 0.2) is 71.8 Å². The Kier molecular flexibility index (Phi) is 8.02. The first-order chi connectivity index (χ1) is 16.0. The van der Waals surface area contributed by atoms with E-state index in [1.165, 1.54) is 13.3 Å². The smallest absolute Gasteiger partial charge is 0.343 e. The summed E-state index contributed by atoms with van der Waals surface area (Å²) in [7, 11) is 3.08.